The largest absolute Gasteiger partial charge is 1.00 e. The molecule has 0 N–H and O–H groups in total. The molecule has 0 aliphatic rings. The molecular formula is C13H11KSi. The molecule has 0 spiro atoms. The first-order valence-corrected chi connectivity index (χ1v) is 5.26. The van der Waals surface area contributed by atoms with Crippen LogP contribution in [0.25, 0.3) is 0 Å². The van der Waals surface area contributed by atoms with Crippen molar-refractivity contribution in [2.45, 2.75) is 5.54 Å². The fourth-order valence-electron chi connectivity index (χ4n) is 1.48. The second-order valence-electron chi connectivity index (χ2n) is 3.25. The van der Waals surface area contributed by atoms with Crippen LogP contribution in [0.5, 0.6) is 0 Å². The molecule has 0 nitrogen and oxygen atoms in total. The summed E-state index contributed by atoms with van der Waals surface area (Å²) in [6.07, 6.45) is 0. The fraction of sp³-hybridized carbons (Fsp3) is 0.0769. The second-order valence-corrected chi connectivity index (χ2v) is 3.83. The molecule has 2 rings (SSSR count). The van der Waals surface area contributed by atoms with Crippen LogP contribution >= 0.6 is 0 Å². The van der Waals surface area contributed by atoms with Gasteiger partial charge in [-0.05, 0) is 0 Å². The normalized spacial score (nSPS) is 9.73. The van der Waals surface area contributed by atoms with Crippen LogP contribution in [-0.4, -0.2) is 10.2 Å². The summed E-state index contributed by atoms with van der Waals surface area (Å²) < 4.78 is 0. The van der Waals surface area contributed by atoms with Crippen LogP contribution in [0.15, 0.2) is 60.7 Å². The van der Waals surface area contributed by atoms with Crippen molar-refractivity contribution in [1.82, 2.24) is 0 Å². The van der Waals surface area contributed by atoms with Crippen molar-refractivity contribution in [3.8, 4) is 0 Å². The van der Waals surface area contributed by atoms with Crippen molar-refractivity contribution in [3.05, 3.63) is 71.8 Å². The average molecular weight is 234 g/mol. The molecule has 0 bridgehead atoms. The van der Waals surface area contributed by atoms with E-state index in [1.807, 2.05) is 12.1 Å². The van der Waals surface area contributed by atoms with E-state index in [2.05, 4.69) is 58.8 Å². The van der Waals surface area contributed by atoms with Crippen LogP contribution in [0.1, 0.15) is 16.7 Å². The van der Waals surface area contributed by atoms with Gasteiger partial charge in [-0.2, -0.15) is 5.54 Å². The Kier molecular flexibility index (Phi) is 6.04. The minimum Gasteiger partial charge on any atom is -0.656 e. The first kappa shape index (κ1) is 13.4. The molecule has 0 unspecified atom stereocenters. The van der Waals surface area contributed by atoms with Crippen molar-refractivity contribution in [2.24, 2.45) is 0 Å². The van der Waals surface area contributed by atoms with Crippen molar-refractivity contribution >= 4 is 10.2 Å². The second kappa shape index (κ2) is 6.79. The first-order chi connectivity index (χ1) is 6.88. The van der Waals surface area contributed by atoms with Gasteiger partial charge >= 0.3 is 51.4 Å². The summed E-state index contributed by atoms with van der Waals surface area (Å²) in [5.74, 6) is 0. The van der Waals surface area contributed by atoms with Crippen molar-refractivity contribution in [1.29, 1.82) is 0 Å². The van der Waals surface area contributed by atoms with E-state index in [9.17, 15) is 0 Å². The van der Waals surface area contributed by atoms with E-state index in [0.717, 1.165) is 0 Å². The van der Waals surface area contributed by atoms with Gasteiger partial charge < -0.3 is 10.2 Å². The fourth-order valence-corrected chi connectivity index (χ4v) is 1.87. The molecule has 0 saturated heterocycles. The van der Waals surface area contributed by atoms with E-state index in [1.54, 1.807) is 0 Å². The average Bonchev–Trinajstić information content (AvgIpc) is 2.30. The quantitative estimate of drug-likeness (QED) is 0.639. The summed E-state index contributed by atoms with van der Waals surface area (Å²) >= 11 is 0. The van der Waals surface area contributed by atoms with Gasteiger partial charge in [0.1, 0.15) is 0 Å². The van der Waals surface area contributed by atoms with E-state index in [4.69, 9.17) is 0 Å². The van der Waals surface area contributed by atoms with Gasteiger partial charge in [-0.25, -0.2) is 0 Å². The Morgan fingerprint density at radius 2 is 1.00 bits per heavy atom. The van der Waals surface area contributed by atoms with Crippen molar-refractivity contribution in [3.63, 3.8) is 0 Å². The first-order valence-electron chi connectivity index (χ1n) is 4.69. The molecule has 0 aliphatic carbocycles. The SMILES string of the molecule is [K+].[Si-]C(c1ccccc1)c1ccccc1. The molecule has 0 aromatic heterocycles. The Bertz CT molecular complexity index is 346. The third-order valence-corrected chi connectivity index (χ3v) is 2.93. The van der Waals surface area contributed by atoms with Gasteiger partial charge in [0.05, 0.1) is 0 Å². The van der Waals surface area contributed by atoms with E-state index >= 15 is 0 Å². The molecule has 0 amide bonds. The van der Waals surface area contributed by atoms with Crippen LogP contribution < -0.4 is 51.4 Å². The van der Waals surface area contributed by atoms with Gasteiger partial charge in [-0.15, -0.1) is 0 Å². The van der Waals surface area contributed by atoms with E-state index < -0.39 is 0 Å². The topological polar surface area (TPSA) is 0 Å². The maximum atomic E-state index is 3.75. The molecule has 2 aromatic rings. The van der Waals surface area contributed by atoms with Crippen LogP contribution in [0.2, 0.25) is 0 Å². The molecule has 2 heteroatoms. The van der Waals surface area contributed by atoms with Crippen LogP contribution in [-0.2, 0) is 0 Å². The summed E-state index contributed by atoms with van der Waals surface area (Å²) in [6.45, 7) is 0. The summed E-state index contributed by atoms with van der Waals surface area (Å²) in [6, 6.07) is 20.8. The van der Waals surface area contributed by atoms with Crippen LogP contribution in [0.3, 0.4) is 0 Å². The zero-order chi connectivity index (χ0) is 9.80. The standard InChI is InChI=1S/C13H11Si.K/c14-13(11-7-3-1-4-8-11)12-9-5-2-6-10-12;/h1-10,13H;/q-1;+1. The molecule has 2 aromatic carbocycles. The van der Waals surface area contributed by atoms with Gasteiger partial charge in [0.25, 0.3) is 0 Å². The summed E-state index contributed by atoms with van der Waals surface area (Å²) in [4.78, 5) is 0. The molecule has 0 atom stereocenters. The smallest absolute Gasteiger partial charge is 0.656 e. The molecule has 68 valence electrons. The molecule has 0 fully saturated rings. The minimum absolute atomic E-state index is 0. The maximum Gasteiger partial charge on any atom is 1.00 e. The summed E-state index contributed by atoms with van der Waals surface area (Å²) in [5, 5.41) is 0. The van der Waals surface area contributed by atoms with Gasteiger partial charge in [0.2, 0.25) is 0 Å². The van der Waals surface area contributed by atoms with Gasteiger partial charge in [0, 0.05) is 0 Å². The number of hydrogen-bond donors (Lipinski definition) is 0. The Morgan fingerprint density at radius 1 is 0.667 bits per heavy atom. The molecule has 0 aliphatic heterocycles. The van der Waals surface area contributed by atoms with E-state index in [0.29, 0.717) is 0 Å². The monoisotopic (exact) mass is 234 g/mol. The van der Waals surface area contributed by atoms with Crippen LogP contribution in [0, 0.1) is 0 Å². The van der Waals surface area contributed by atoms with Gasteiger partial charge in [0.15, 0.2) is 0 Å². The van der Waals surface area contributed by atoms with E-state index in [-0.39, 0.29) is 56.9 Å². The molecular weight excluding hydrogens is 223 g/mol. The van der Waals surface area contributed by atoms with Crippen LogP contribution in [0.4, 0.5) is 0 Å². The summed E-state index contributed by atoms with van der Waals surface area (Å²) in [5.41, 5.74) is 2.86. The minimum atomic E-state index is 0. The predicted molar refractivity (Wildman–Crippen MR) is 60.5 cm³/mol. The number of hydrogen-bond acceptors (Lipinski definition) is 0. The maximum absolute atomic E-state index is 3.75. The Labute approximate surface area is 137 Å². The number of benzene rings is 2. The third-order valence-electron chi connectivity index (χ3n) is 2.27. The summed E-state index contributed by atoms with van der Waals surface area (Å²) in [7, 11) is 3.75. The number of rotatable bonds is 2. The Hall–Kier alpha value is 0.293. The van der Waals surface area contributed by atoms with Crippen molar-refractivity contribution in [2.75, 3.05) is 0 Å². The Balaban J connectivity index is 0.00000112. The van der Waals surface area contributed by atoms with Gasteiger partial charge in [-0.3, -0.25) is 0 Å². The van der Waals surface area contributed by atoms with Crippen molar-refractivity contribution < 1.29 is 51.4 Å². The predicted octanol–water partition coefficient (Wildman–Crippen LogP) is -0.0515. The van der Waals surface area contributed by atoms with E-state index in [1.165, 1.54) is 11.1 Å². The zero-order valence-corrected chi connectivity index (χ0v) is 13.0. The third kappa shape index (κ3) is 3.66. The van der Waals surface area contributed by atoms with Gasteiger partial charge in [-0.1, -0.05) is 71.8 Å². The molecule has 0 saturated carbocycles. The zero-order valence-electron chi connectivity index (χ0n) is 8.85. The molecule has 15 heavy (non-hydrogen) atoms. The molecule has 2 radical (unpaired) electrons. The molecule has 0 heterocycles. The Morgan fingerprint density at radius 3 is 1.33 bits per heavy atom.